The Morgan fingerprint density at radius 2 is 2.00 bits per heavy atom. The van der Waals surface area contributed by atoms with Crippen LogP contribution < -0.4 is 0 Å². The molecule has 5 heteroatoms. The SMILES string of the molecule is CO.Clc1ccnc(Cl)n1. The summed E-state index contributed by atoms with van der Waals surface area (Å²) in [5.74, 6) is 0. The van der Waals surface area contributed by atoms with Crippen molar-refractivity contribution in [3.8, 4) is 0 Å². The van der Waals surface area contributed by atoms with Crippen molar-refractivity contribution in [3.05, 3.63) is 22.7 Å². The summed E-state index contributed by atoms with van der Waals surface area (Å²) in [6.45, 7) is 0. The Hall–Kier alpha value is -0.380. The largest absolute Gasteiger partial charge is 0.400 e. The highest BCUT2D eigenvalue weighted by atomic mass is 35.5. The lowest BCUT2D eigenvalue weighted by Gasteiger charge is -1.85. The van der Waals surface area contributed by atoms with Crippen LogP contribution in [0.3, 0.4) is 0 Å². The molecule has 0 radical (unpaired) electrons. The Bertz CT molecular complexity index is 178. The van der Waals surface area contributed by atoms with Gasteiger partial charge in [0.2, 0.25) is 5.28 Å². The van der Waals surface area contributed by atoms with E-state index in [-0.39, 0.29) is 5.28 Å². The first-order chi connectivity index (χ1) is 4.79. The van der Waals surface area contributed by atoms with E-state index in [0.717, 1.165) is 7.11 Å². The van der Waals surface area contributed by atoms with Gasteiger partial charge in [-0.05, 0) is 17.7 Å². The number of hydrogen-bond acceptors (Lipinski definition) is 3. The highest BCUT2D eigenvalue weighted by molar-refractivity contribution is 6.31. The predicted octanol–water partition coefficient (Wildman–Crippen LogP) is 1.39. The molecule has 0 spiro atoms. The molecule has 10 heavy (non-hydrogen) atoms. The Morgan fingerprint density at radius 3 is 2.30 bits per heavy atom. The molecule has 3 nitrogen and oxygen atoms in total. The Labute approximate surface area is 68.6 Å². The first-order valence-electron chi connectivity index (χ1n) is 2.38. The van der Waals surface area contributed by atoms with E-state index >= 15 is 0 Å². The first-order valence-corrected chi connectivity index (χ1v) is 3.13. The molecule has 0 aliphatic rings. The van der Waals surface area contributed by atoms with Gasteiger partial charge in [0.05, 0.1) is 0 Å². The summed E-state index contributed by atoms with van der Waals surface area (Å²) in [4.78, 5) is 7.20. The van der Waals surface area contributed by atoms with Gasteiger partial charge in [-0.3, -0.25) is 0 Å². The van der Waals surface area contributed by atoms with Crippen molar-refractivity contribution in [1.29, 1.82) is 0 Å². The van der Waals surface area contributed by atoms with Gasteiger partial charge in [-0.1, -0.05) is 11.6 Å². The van der Waals surface area contributed by atoms with Crippen LogP contribution in [-0.4, -0.2) is 22.2 Å². The third kappa shape index (κ3) is 3.61. The fraction of sp³-hybridized carbons (Fsp3) is 0.200. The van der Waals surface area contributed by atoms with Gasteiger partial charge in [0, 0.05) is 13.3 Å². The summed E-state index contributed by atoms with van der Waals surface area (Å²) >= 11 is 10.7. The zero-order valence-electron chi connectivity index (χ0n) is 5.25. The summed E-state index contributed by atoms with van der Waals surface area (Å²) in [5.41, 5.74) is 0. The van der Waals surface area contributed by atoms with Gasteiger partial charge in [0.25, 0.3) is 0 Å². The molecule has 56 valence electrons. The first kappa shape index (κ1) is 9.62. The topological polar surface area (TPSA) is 46.0 Å². The van der Waals surface area contributed by atoms with E-state index in [9.17, 15) is 0 Å². The maximum Gasteiger partial charge on any atom is 0.223 e. The predicted molar refractivity (Wildman–Crippen MR) is 40.2 cm³/mol. The van der Waals surface area contributed by atoms with Gasteiger partial charge in [0.1, 0.15) is 5.15 Å². The van der Waals surface area contributed by atoms with Crippen molar-refractivity contribution >= 4 is 23.2 Å². The molecular formula is C5H6Cl2N2O. The highest BCUT2D eigenvalue weighted by Gasteiger charge is 1.88. The van der Waals surface area contributed by atoms with Crippen LogP contribution in [0.25, 0.3) is 0 Å². The van der Waals surface area contributed by atoms with Crippen LogP contribution in [0.4, 0.5) is 0 Å². The zero-order chi connectivity index (χ0) is 7.98. The van der Waals surface area contributed by atoms with Gasteiger partial charge in [-0.2, -0.15) is 0 Å². The lowest BCUT2D eigenvalue weighted by atomic mass is 10.7. The normalized spacial score (nSPS) is 8.00. The van der Waals surface area contributed by atoms with Crippen molar-refractivity contribution in [3.63, 3.8) is 0 Å². The second-order valence-corrected chi connectivity index (χ2v) is 1.87. The molecule has 1 heterocycles. The van der Waals surface area contributed by atoms with Crippen molar-refractivity contribution in [2.24, 2.45) is 0 Å². The van der Waals surface area contributed by atoms with Crippen LogP contribution in [0, 0.1) is 0 Å². The lowest BCUT2D eigenvalue weighted by Crippen LogP contribution is -1.77. The summed E-state index contributed by atoms with van der Waals surface area (Å²) in [6.07, 6.45) is 1.50. The van der Waals surface area contributed by atoms with Gasteiger partial charge in [-0.25, -0.2) is 9.97 Å². The van der Waals surface area contributed by atoms with Crippen molar-refractivity contribution in [1.82, 2.24) is 9.97 Å². The van der Waals surface area contributed by atoms with Gasteiger partial charge >= 0.3 is 0 Å². The van der Waals surface area contributed by atoms with E-state index < -0.39 is 0 Å². The van der Waals surface area contributed by atoms with Crippen LogP contribution in [-0.2, 0) is 0 Å². The van der Waals surface area contributed by atoms with E-state index in [2.05, 4.69) is 9.97 Å². The van der Waals surface area contributed by atoms with Crippen LogP contribution in [0.5, 0.6) is 0 Å². The summed E-state index contributed by atoms with van der Waals surface area (Å²) in [5, 5.41) is 7.54. The van der Waals surface area contributed by atoms with Crippen LogP contribution in [0.2, 0.25) is 10.4 Å². The minimum atomic E-state index is 0.178. The molecule has 0 amide bonds. The molecule has 0 atom stereocenters. The quantitative estimate of drug-likeness (QED) is 0.485. The second kappa shape index (κ2) is 5.41. The average Bonchev–Trinajstić information content (AvgIpc) is 1.91. The molecule has 0 saturated heterocycles. The number of rotatable bonds is 0. The Morgan fingerprint density at radius 1 is 1.40 bits per heavy atom. The number of aliphatic hydroxyl groups excluding tert-OH is 1. The van der Waals surface area contributed by atoms with E-state index in [1.165, 1.54) is 6.20 Å². The van der Waals surface area contributed by atoms with Gasteiger partial charge < -0.3 is 5.11 Å². The molecule has 0 aliphatic heterocycles. The van der Waals surface area contributed by atoms with Gasteiger partial charge in [-0.15, -0.1) is 0 Å². The Balaban J connectivity index is 0.000000371. The molecule has 0 aliphatic carbocycles. The molecule has 0 unspecified atom stereocenters. The number of aliphatic hydroxyl groups is 1. The minimum absolute atomic E-state index is 0.178. The van der Waals surface area contributed by atoms with E-state index in [1.54, 1.807) is 6.07 Å². The molecule has 0 aromatic carbocycles. The van der Waals surface area contributed by atoms with Crippen LogP contribution >= 0.6 is 23.2 Å². The summed E-state index contributed by atoms with van der Waals surface area (Å²) in [7, 11) is 1.00. The van der Waals surface area contributed by atoms with E-state index in [4.69, 9.17) is 28.3 Å². The van der Waals surface area contributed by atoms with Crippen LogP contribution in [0.1, 0.15) is 0 Å². The highest BCUT2D eigenvalue weighted by Crippen LogP contribution is 2.04. The number of halogens is 2. The fourth-order valence-corrected chi connectivity index (χ4v) is 0.642. The second-order valence-electron chi connectivity index (χ2n) is 1.15. The third-order valence-corrected chi connectivity index (χ3v) is 0.985. The molecule has 0 bridgehead atoms. The zero-order valence-corrected chi connectivity index (χ0v) is 6.76. The summed E-state index contributed by atoms with van der Waals surface area (Å²) in [6, 6.07) is 1.56. The van der Waals surface area contributed by atoms with E-state index in [1.807, 2.05) is 0 Å². The maximum atomic E-state index is 7.00. The molecular weight excluding hydrogens is 175 g/mol. The molecule has 1 aromatic rings. The standard InChI is InChI=1S/C4H2Cl2N2.CH4O/c5-3-1-2-7-4(6)8-3;1-2/h1-2H;2H,1H3. The third-order valence-electron chi connectivity index (χ3n) is 0.592. The fourth-order valence-electron chi connectivity index (χ4n) is 0.315. The van der Waals surface area contributed by atoms with Crippen molar-refractivity contribution in [2.45, 2.75) is 0 Å². The van der Waals surface area contributed by atoms with E-state index in [0.29, 0.717) is 5.15 Å². The van der Waals surface area contributed by atoms with Gasteiger partial charge in [0.15, 0.2) is 0 Å². The lowest BCUT2D eigenvalue weighted by molar-refractivity contribution is 0.399. The number of aromatic nitrogens is 2. The smallest absolute Gasteiger partial charge is 0.223 e. The maximum absolute atomic E-state index is 7.00. The molecule has 0 fully saturated rings. The molecule has 1 rings (SSSR count). The van der Waals surface area contributed by atoms with Crippen LogP contribution in [0.15, 0.2) is 12.3 Å². The number of hydrogen-bond donors (Lipinski definition) is 1. The minimum Gasteiger partial charge on any atom is -0.400 e. The molecule has 1 aromatic heterocycles. The molecule has 1 N–H and O–H groups in total. The average molecular weight is 181 g/mol. The summed E-state index contributed by atoms with van der Waals surface area (Å²) < 4.78 is 0. The van der Waals surface area contributed by atoms with Crippen molar-refractivity contribution in [2.75, 3.05) is 7.11 Å². The molecule has 0 saturated carbocycles. The number of nitrogens with zero attached hydrogens (tertiary/aromatic N) is 2. The Kier molecular flexibility index (Phi) is 5.20. The van der Waals surface area contributed by atoms with Crippen molar-refractivity contribution < 1.29 is 5.11 Å². The monoisotopic (exact) mass is 180 g/mol.